The van der Waals surface area contributed by atoms with Gasteiger partial charge in [0.05, 0.1) is 0 Å². The summed E-state index contributed by atoms with van der Waals surface area (Å²) in [5, 5.41) is 21.5. The molecule has 5 N–H and O–H groups in total. The third-order valence-electron chi connectivity index (χ3n) is 4.06. The molecule has 0 atom stereocenters. The highest BCUT2D eigenvalue weighted by molar-refractivity contribution is 6.30. The minimum absolute atomic E-state index is 0.873. The number of hydrogen-bond acceptors (Lipinski definition) is 4. The molecule has 0 aromatic rings. The molecule has 23 heavy (non-hydrogen) atoms. The van der Waals surface area contributed by atoms with Crippen LogP contribution < -0.4 is 5.73 Å². The zero-order valence-corrected chi connectivity index (χ0v) is 15.5. The fourth-order valence-corrected chi connectivity index (χ4v) is 2.69. The topological polar surface area (TPSA) is 86.7 Å². The van der Waals surface area contributed by atoms with Gasteiger partial charge in [-0.15, -0.1) is 0 Å². The second-order valence-electron chi connectivity index (χ2n) is 6.44. The molecule has 0 aliphatic heterocycles. The monoisotopic (exact) mass is 331 g/mol. The summed E-state index contributed by atoms with van der Waals surface area (Å²) in [6, 6.07) is 0. The second kappa shape index (κ2) is 24.2. The van der Waals surface area contributed by atoms with E-state index in [9.17, 15) is 0 Å². The summed E-state index contributed by atoms with van der Waals surface area (Å²) in [6.07, 6.45) is 22.9. The Kier molecular flexibility index (Phi) is 26.4. The van der Waals surface area contributed by atoms with Crippen LogP contribution in [-0.2, 0) is 0 Å². The van der Waals surface area contributed by atoms with E-state index < -0.39 is 7.32 Å². The molecule has 0 amide bonds. The molecule has 0 radical (unpaired) electrons. The van der Waals surface area contributed by atoms with E-state index in [2.05, 4.69) is 6.92 Å². The molecule has 0 fully saturated rings. The van der Waals surface area contributed by atoms with Crippen molar-refractivity contribution in [2.75, 3.05) is 6.54 Å². The first-order valence-corrected chi connectivity index (χ1v) is 9.89. The van der Waals surface area contributed by atoms with Gasteiger partial charge in [0.15, 0.2) is 0 Å². The van der Waals surface area contributed by atoms with Crippen molar-refractivity contribution in [3.8, 4) is 0 Å². The first-order chi connectivity index (χ1) is 11.1. The molecule has 140 valence electrons. The maximum absolute atomic E-state index is 7.17. The average molecular weight is 331 g/mol. The van der Waals surface area contributed by atoms with Crippen molar-refractivity contribution < 1.29 is 15.1 Å². The van der Waals surface area contributed by atoms with E-state index in [0.717, 1.165) is 6.54 Å². The zero-order valence-electron chi connectivity index (χ0n) is 15.5. The van der Waals surface area contributed by atoms with Crippen LogP contribution in [0, 0.1) is 0 Å². The Morgan fingerprint density at radius 3 is 0.957 bits per heavy atom. The van der Waals surface area contributed by atoms with Gasteiger partial charge >= 0.3 is 7.32 Å². The smallest absolute Gasteiger partial charge is 0.402 e. The van der Waals surface area contributed by atoms with Gasteiger partial charge in [0, 0.05) is 0 Å². The normalized spacial score (nSPS) is 10.3. The van der Waals surface area contributed by atoms with Gasteiger partial charge in [-0.3, -0.25) is 0 Å². The Hall–Kier alpha value is -0.0951. The van der Waals surface area contributed by atoms with Gasteiger partial charge in [0.2, 0.25) is 0 Å². The third kappa shape index (κ3) is 34.3. The summed E-state index contributed by atoms with van der Waals surface area (Å²) in [5.74, 6) is 0. The summed E-state index contributed by atoms with van der Waals surface area (Å²) in [7, 11) is -2.17. The van der Waals surface area contributed by atoms with Crippen molar-refractivity contribution in [1.82, 2.24) is 0 Å². The van der Waals surface area contributed by atoms with Crippen LogP contribution in [0.4, 0.5) is 0 Å². The lowest BCUT2D eigenvalue weighted by Gasteiger charge is -2.03. The Bertz CT molecular complexity index is 176. The summed E-state index contributed by atoms with van der Waals surface area (Å²) >= 11 is 0. The van der Waals surface area contributed by atoms with Crippen LogP contribution in [0.5, 0.6) is 0 Å². The van der Waals surface area contributed by atoms with Gasteiger partial charge in [0.1, 0.15) is 0 Å². The molecular weight excluding hydrogens is 289 g/mol. The van der Waals surface area contributed by atoms with E-state index in [1.165, 1.54) is 103 Å². The standard InChI is InChI=1S/C18H39N.BH3O3/c1-2-3-4-5-6-7-8-9-10-11-12-13-14-15-16-17-18-19;2-1(3)4/h2-19H2,1H3;2-4H. The largest absolute Gasteiger partial charge is 0.631 e. The second-order valence-corrected chi connectivity index (χ2v) is 6.44. The lowest BCUT2D eigenvalue weighted by Crippen LogP contribution is -2.07. The van der Waals surface area contributed by atoms with Crippen molar-refractivity contribution in [3.05, 3.63) is 0 Å². The fourth-order valence-electron chi connectivity index (χ4n) is 2.69. The minimum atomic E-state index is -2.17. The molecule has 4 nitrogen and oxygen atoms in total. The molecule has 0 saturated heterocycles. The van der Waals surface area contributed by atoms with E-state index in [1.807, 2.05) is 0 Å². The Labute approximate surface area is 145 Å². The molecule has 5 heteroatoms. The molecule has 0 aliphatic carbocycles. The van der Waals surface area contributed by atoms with Crippen molar-refractivity contribution >= 4 is 7.32 Å². The molecule has 0 aromatic carbocycles. The Balaban J connectivity index is 0. The first-order valence-electron chi connectivity index (χ1n) is 9.89. The van der Waals surface area contributed by atoms with Crippen LogP contribution in [-0.4, -0.2) is 28.9 Å². The number of unbranched alkanes of at least 4 members (excludes halogenated alkanes) is 15. The van der Waals surface area contributed by atoms with Gasteiger partial charge in [-0.2, -0.15) is 0 Å². The van der Waals surface area contributed by atoms with Crippen molar-refractivity contribution in [1.29, 1.82) is 0 Å². The Morgan fingerprint density at radius 1 is 0.522 bits per heavy atom. The first kappa shape index (κ1) is 25.1. The predicted octanol–water partition coefficient (Wildman–Crippen LogP) is 4.15. The third-order valence-corrected chi connectivity index (χ3v) is 4.06. The lowest BCUT2D eigenvalue weighted by atomic mass is 10.0. The number of hydrogen-bond donors (Lipinski definition) is 4. The molecule has 0 bridgehead atoms. The molecule has 0 aliphatic rings. The minimum Gasteiger partial charge on any atom is -0.402 e. The summed E-state index contributed by atoms with van der Waals surface area (Å²) in [5.41, 5.74) is 5.48. The van der Waals surface area contributed by atoms with Gasteiger partial charge < -0.3 is 20.8 Å². The molecule has 0 rings (SSSR count). The van der Waals surface area contributed by atoms with E-state index >= 15 is 0 Å². The highest BCUT2D eigenvalue weighted by Gasteiger charge is 1.94. The van der Waals surface area contributed by atoms with Gasteiger partial charge in [0.25, 0.3) is 0 Å². The van der Waals surface area contributed by atoms with Crippen LogP contribution >= 0.6 is 0 Å². The Morgan fingerprint density at radius 2 is 0.739 bits per heavy atom. The fraction of sp³-hybridized carbons (Fsp3) is 1.00. The highest BCUT2D eigenvalue weighted by atomic mass is 16.5. The summed E-state index contributed by atoms with van der Waals surface area (Å²) in [4.78, 5) is 0. The summed E-state index contributed by atoms with van der Waals surface area (Å²) in [6.45, 7) is 3.16. The molecule has 0 heterocycles. The van der Waals surface area contributed by atoms with E-state index in [-0.39, 0.29) is 0 Å². The van der Waals surface area contributed by atoms with Gasteiger partial charge in [-0.1, -0.05) is 103 Å². The SMILES string of the molecule is CCCCCCCCCCCCCCCCCCN.OB(O)O. The van der Waals surface area contributed by atoms with Crippen LogP contribution in [0.15, 0.2) is 0 Å². The van der Waals surface area contributed by atoms with E-state index in [0.29, 0.717) is 0 Å². The van der Waals surface area contributed by atoms with Crippen LogP contribution in [0.25, 0.3) is 0 Å². The number of nitrogens with two attached hydrogens (primary N) is 1. The molecule has 0 unspecified atom stereocenters. The van der Waals surface area contributed by atoms with Crippen molar-refractivity contribution in [2.24, 2.45) is 5.73 Å². The zero-order chi connectivity index (χ0) is 17.6. The van der Waals surface area contributed by atoms with Crippen LogP contribution in [0.2, 0.25) is 0 Å². The maximum Gasteiger partial charge on any atom is 0.631 e. The summed E-state index contributed by atoms with van der Waals surface area (Å²) < 4.78 is 0. The highest BCUT2D eigenvalue weighted by Crippen LogP contribution is 2.13. The molecule has 0 saturated carbocycles. The van der Waals surface area contributed by atoms with Crippen LogP contribution in [0.3, 0.4) is 0 Å². The predicted molar refractivity (Wildman–Crippen MR) is 101 cm³/mol. The van der Waals surface area contributed by atoms with Crippen molar-refractivity contribution in [2.45, 2.75) is 110 Å². The molecule has 0 aromatic heterocycles. The van der Waals surface area contributed by atoms with Gasteiger partial charge in [-0.25, -0.2) is 0 Å². The van der Waals surface area contributed by atoms with Crippen molar-refractivity contribution in [3.63, 3.8) is 0 Å². The average Bonchev–Trinajstić information content (AvgIpc) is 2.50. The molecular formula is C18H42BNO3. The van der Waals surface area contributed by atoms with E-state index in [4.69, 9.17) is 20.8 Å². The number of rotatable bonds is 16. The van der Waals surface area contributed by atoms with Gasteiger partial charge in [-0.05, 0) is 13.0 Å². The lowest BCUT2D eigenvalue weighted by molar-refractivity contribution is 0.278. The van der Waals surface area contributed by atoms with E-state index in [1.54, 1.807) is 0 Å². The van der Waals surface area contributed by atoms with Crippen LogP contribution in [0.1, 0.15) is 110 Å². The molecule has 0 spiro atoms. The maximum atomic E-state index is 7.17. The quantitative estimate of drug-likeness (QED) is 0.253.